The number of rotatable bonds is 4. The minimum Gasteiger partial charge on any atom is -0.356 e. The molecule has 2 aromatic carbocycles. The highest BCUT2D eigenvalue weighted by molar-refractivity contribution is 6.00. The monoisotopic (exact) mass is 492 g/mol. The number of hydrogen-bond acceptors (Lipinski definition) is 2. The molecule has 2 N–H and O–H groups in total. The van der Waals surface area contributed by atoms with Crippen LogP contribution in [0.1, 0.15) is 0 Å². The summed E-state index contributed by atoms with van der Waals surface area (Å²) in [5.41, 5.74) is -6.69. The highest BCUT2D eigenvalue weighted by Gasteiger charge is 3.02. The topological polar surface area (TPSA) is 41.1 Å². The molecule has 3 rings (SSSR count). The van der Waals surface area contributed by atoms with Gasteiger partial charge in [0, 0.05) is 17.1 Å². The first-order valence-electron chi connectivity index (χ1n) is 8.76. The van der Waals surface area contributed by atoms with Crippen molar-refractivity contribution in [1.82, 2.24) is 0 Å². The molecule has 33 heavy (non-hydrogen) atoms. The first kappa shape index (κ1) is 24.6. The maximum atomic E-state index is 14.7. The zero-order chi connectivity index (χ0) is 25.1. The predicted molar refractivity (Wildman–Crippen MR) is 93.4 cm³/mol. The lowest BCUT2D eigenvalue weighted by Gasteiger charge is -2.51. The van der Waals surface area contributed by atoms with Crippen LogP contribution in [0.2, 0.25) is 0 Å². The number of amides is 1. The minimum absolute atomic E-state index is 0.264. The normalized spacial score (nSPS) is 23.4. The molecule has 14 heteroatoms. The van der Waals surface area contributed by atoms with Crippen LogP contribution < -0.4 is 10.6 Å². The molecule has 0 saturated heterocycles. The summed E-state index contributed by atoms with van der Waals surface area (Å²) in [6.07, 6.45) is 0. The first-order chi connectivity index (χ1) is 14.9. The minimum atomic E-state index is -7.38. The van der Waals surface area contributed by atoms with E-state index in [0.717, 1.165) is 29.6 Å². The fourth-order valence-corrected chi connectivity index (χ4v) is 3.05. The average Bonchev–Trinajstić information content (AvgIpc) is 2.73. The smallest absolute Gasteiger partial charge is 0.356 e. The van der Waals surface area contributed by atoms with Gasteiger partial charge in [-0.15, -0.1) is 0 Å². The van der Waals surface area contributed by atoms with E-state index in [1.54, 1.807) is 30.3 Å². The van der Waals surface area contributed by atoms with Gasteiger partial charge in [0.2, 0.25) is 0 Å². The van der Waals surface area contributed by atoms with E-state index < -0.39 is 46.9 Å². The van der Waals surface area contributed by atoms with Crippen molar-refractivity contribution in [3.05, 3.63) is 54.6 Å². The van der Waals surface area contributed by atoms with Crippen LogP contribution in [0, 0.1) is 0 Å². The maximum Gasteiger partial charge on any atom is 0.384 e. The summed E-state index contributed by atoms with van der Waals surface area (Å²) in [5.74, 6) is -39.9. The average molecular weight is 492 g/mol. The maximum absolute atomic E-state index is 14.7. The molecule has 2 aromatic rings. The van der Waals surface area contributed by atoms with Crippen LogP contribution in [0.25, 0.3) is 0 Å². The number of nitrogens with one attached hydrogen (secondary N) is 2. The van der Waals surface area contributed by atoms with Crippen molar-refractivity contribution >= 4 is 23.0 Å². The quantitative estimate of drug-likeness (QED) is 0.495. The Labute approximate surface area is 177 Å². The number of para-hydroxylation sites is 1. The lowest BCUT2D eigenvalue weighted by Crippen LogP contribution is -2.86. The lowest BCUT2D eigenvalue weighted by molar-refractivity contribution is -0.475. The van der Waals surface area contributed by atoms with Crippen LogP contribution in [-0.2, 0) is 4.79 Å². The molecule has 1 aliphatic carbocycles. The predicted octanol–water partition coefficient (Wildman–Crippen LogP) is 6.27. The molecular weight excluding hydrogens is 481 g/mol. The van der Waals surface area contributed by atoms with Crippen LogP contribution >= 0.6 is 0 Å². The van der Waals surface area contributed by atoms with Crippen molar-refractivity contribution in [2.75, 3.05) is 10.6 Å². The number of halogens is 11. The van der Waals surface area contributed by atoms with Gasteiger partial charge in [-0.1, -0.05) is 18.2 Å². The highest BCUT2D eigenvalue weighted by Crippen LogP contribution is 2.69. The second kappa shape index (κ2) is 7.22. The number of alkyl halides is 11. The zero-order valence-electron chi connectivity index (χ0n) is 15.8. The zero-order valence-corrected chi connectivity index (χ0v) is 15.8. The van der Waals surface area contributed by atoms with E-state index in [1.807, 2.05) is 0 Å². The summed E-state index contributed by atoms with van der Waals surface area (Å²) in [7, 11) is 0. The number of benzene rings is 2. The molecule has 1 amide bonds. The van der Waals surface area contributed by atoms with E-state index in [2.05, 4.69) is 5.32 Å². The van der Waals surface area contributed by atoms with Gasteiger partial charge in [-0.2, -0.15) is 43.9 Å². The summed E-state index contributed by atoms with van der Waals surface area (Å²) >= 11 is 0. The van der Waals surface area contributed by atoms with Gasteiger partial charge in [-0.3, -0.25) is 4.79 Å². The van der Waals surface area contributed by atoms with Gasteiger partial charge >= 0.3 is 35.3 Å². The Hall–Kier alpha value is -3.06. The molecule has 0 aliphatic heterocycles. The van der Waals surface area contributed by atoms with Gasteiger partial charge in [0.1, 0.15) is 0 Å². The highest BCUT2D eigenvalue weighted by atomic mass is 19.4. The van der Waals surface area contributed by atoms with Crippen LogP contribution in [0.15, 0.2) is 54.6 Å². The molecule has 1 fully saturated rings. The summed E-state index contributed by atoms with van der Waals surface area (Å²) < 4.78 is 151. The van der Waals surface area contributed by atoms with E-state index in [9.17, 15) is 53.1 Å². The van der Waals surface area contributed by atoms with E-state index in [0.29, 0.717) is 5.69 Å². The molecule has 0 bridgehead atoms. The molecule has 0 spiro atoms. The van der Waals surface area contributed by atoms with Gasteiger partial charge in [-0.25, -0.2) is 4.39 Å². The molecule has 0 aromatic heterocycles. The van der Waals surface area contributed by atoms with Crippen LogP contribution in [0.5, 0.6) is 0 Å². The van der Waals surface area contributed by atoms with Crippen molar-refractivity contribution in [2.24, 2.45) is 0 Å². The van der Waals surface area contributed by atoms with Gasteiger partial charge in [0.05, 0.1) is 0 Å². The third-order valence-corrected chi connectivity index (χ3v) is 4.96. The van der Waals surface area contributed by atoms with Crippen LogP contribution in [0.4, 0.5) is 65.4 Å². The van der Waals surface area contributed by atoms with Gasteiger partial charge in [0.25, 0.3) is 5.91 Å². The Kier molecular flexibility index (Phi) is 5.38. The fraction of sp³-hybridized carbons (Fsp3) is 0.316. The summed E-state index contributed by atoms with van der Waals surface area (Å²) in [4.78, 5) is 11.9. The van der Waals surface area contributed by atoms with Crippen molar-refractivity contribution in [3.8, 4) is 0 Å². The van der Waals surface area contributed by atoms with Crippen LogP contribution in [-0.4, -0.2) is 41.2 Å². The van der Waals surface area contributed by atoms with Gasteiger partial charge in [-0.05, 0) is 36.4 Å². The Morgan fingerprint density at radius 2 is 0.879 bits per heavy atom. The number of carbonyl (C=O) groups is 1. The van der Waals surface area contributed by atoms with Crippen molar-refractivity contribution in [3.63, 3.8) is 0 Å². The van der Waals surface area contributed by atoms with Crippen molar-refractivity contribution in [2.45, 2.75) is 35.3 Å². The second-order valence-corrected chi connectivity index (χ2v) is 7.05. The van der Waals surface area contributed by atoms with E-state index >= 15 is 0 Å². The molecule has 0 unspecified atom stereocenters. The Morgan fingerprint density at radius 1 is 0.515 bits per heavy atom. The first-order valence-corrected chi connectivity index (χ1v) is 8.76. The molecular formula is C19H11F11N2O. The van der Waals surface area contributed by atoms with Gasteiger partial charge < -0.3 is 10.6 Å². The molecule has 0 atom stereocenters. The molecule has 0 radical (unpaired) electrons. The fourth-order valence-electron chi connectivity index (χ4n) is 3.05. The number of carbonyl (C=O) groups excluding carboxylic acids is 1. The van der Waals surface area contributed by atoms with Crippen LogP contribution in [0.3, 0.4) is 0 Å². The molecule has 0 heterocycles. The standard InChI is InChI=1S/C19H11F11N2O/c20-14(15(21,22)17(25,26)19(29,30)18(27,28)16(14,23)24)13(33)32-12-8-6-11(7-9-12)31-10-4-2-1-3-5-10/h1-9,31H,(H,32,33). The molecule has 1 saturated carbocycles. The molecule has 1 aliphatic rings. The second-order valence-electron chi connectivity index (χ2n) is 7.05. The SMILES string of the molecule is O=C(Nc1ccc(Nc2ccccc2)cc1)C1(F)C(F)(F)C(F)(F)C(F)(F)C(F)(F)C1(F)F. The van der Waals surface area contributed by atoms with Crippen molar-refractivity contribution in [1.29, 1.82) is 0 Å². The third-order valence-electron chi connectivity index (χ3n) is 4.96. The Bertz CT molecular complexity index is 1010. The molecule has 180 valence electrons. The number of anilines is 3. The van der Waals surface area contributed by atoms with E-state index in [4.69, 9.17) is 0 Å². The van der Waals surface area contributed by atoms with Gasteiger partial charge in [0.15, 0.2) is 0 Å². The number of hydrogen-bond donors (Lipinski definition) is 2. The molecule has 3 nitrogen and oxygen atoms in total. The Balaban J connectivity index is 1.95. The summed E-state index contributed by atoms with van der Waals surface area (Å²) in [5, 5.41) is 3.85. The van der Waals surface area contributed by atoms with E-state index in [1.165, 1.54) is 0 Å². The third kappa shape index (κ3) is 3.05. The lowest BCUT2D eigenvalue weighted by atomic mass is 9.71. The summed E-state index contributed by atoms with van der Waals surface area (Å²) in [6, 6.07) is 12.0. The summed E-state index contributed by atoms with van der Waals surface area (Å²) in [6.45, 7) is 0. The largest absolute Gasteiger partial charge is 0.384 e. The van der Waals surface area contributed by atoms with E-state index in [-0.39, 0.29) is 5.69 Å². The van der Waals surface area contributed by atoms with Crippen molar-refractivity contribution < 1.29 is 53.1 Å². The Morgan fingerprint density at radius 3 is 1.33 bits per heavy atom.